The molecule has 3 heterocycles. The Morgan fingerprint density at radius 3 is 2.33 bits per heavy atom. The second-order valence-electron chi connectivity index (χ2n) is 9.34. The van der Waals surface area contributed by atoms with Crippen molar-refractivity contribution in [3.63, 3.8) is 0 Å². The second-order valence-corrected chi connectivity index (χ2v) is 9.34. The number of hydrogen-bond acceptors (Lipinski definition) is 5. The molecule has 5 rings (SSSR count). The van der Waals surface area contributed by atoms with Gasteiger partial charge < -0.3 is 24.5 Å². The number of rotatable bonds is 7. The summed E-state index contributed by atoms with van der Waals surface area (Å²) in [6.45, 7) is -0.442. The van der Waals surface area contributed by atoms with Gasteiger partial charge in [0, 0.05) is 49.2 Å². The van der Waals surface area contributed by atoms with Crippen LogP contribution in [-0.2, 0) is 31.1 Å². The fourth-order valence-corrected chi connectivity index (χ4v) is 5.06. The summed E-state index contributed by atoms with van der Waals surface area (Å²) >= 11 is 0. The van der Waals surface area contributed by atoms with Gasteiger partial charge in [-0.1, -0.05) is 6.07 Å². The third-order valence-electron chi connectivity index (χ3n) is 6.92. The number of benzene rings is 2. The molecule has 0 spiro atoms. The Hall–Kier alpha value is -4.69. The summed E-state index contributed by atoms with van der Waals surface area (Å²) in [6, 6.07) is 5.13. The molecule has 0 atom stereocenters. The molecule has 42 heavy (non-hydrogen) atoms. The number of ketones is 1. The van der Waals surface area contributed by atoms with Gasteiger partial charge in [0.1, 0.15) is 12.4 Å². The minimum Gasteiger partial charge on any atom is -0.478 e. The van der Waals surface area contributed by atoms with E-state index in [1.54, 1.807) is 0 Å². The average molecular weight is 590 g/mol. The van der Waals surface area contributed by atoms with Gasteiger partial charge in [-0.25, -0.2) is 22.9 Å². The third-order valence-corrected chi connectivity index (χ3v) is 6.92. The number of fused-ring (bicyclic) bond motifs is 2. The van der Waals surface area contributed by atoms with Crippen LogP contribution in [0.25, 0.3) is 27.7 Å². The van der Waals surface area contributed by atoms with Crippen LogP contribution in [0.2, 0.25) is 0 Å². The van der Waals surface area contributed by atoms with Gasteiger partial charge in [0.2, 0.25) is 5.78 Å². The number of carbonyl (C=O) groups is 2. The van der Waals surface area contributed by atoms with E-state index in [9.17, 15) is 41.0 Å². The van der Waals surface area contributed by atoms with Gasteiger partial charge in [-0.3, -0.25) is 4.79 Å². The van der Waals surface area contributed by atoms with E-state index in [-0.39, 0.29) is 34.3 Å². The number of imidazole rings is 1. The number of carboxylic acids is 1. The molecule has 0 fully saturated rings. The van der Waals surface area contributed by atoms with Crippen molar-refractivity contribution in [1.82, 2.24) is 14.0 Å². The Morgan fingerprint density at radius 1 is 1.10 bits per heavy atom. The number of halogens is 6. The number of pyridine rings is 1. The zero-order chi connectivity index (χ0) is 30.7. The van der Waals surface area contributed by atoms with Crippen molar-refractivity contribution >= 4 is 28.3 Å². The molecule has 5 aromatic rings. The normalized spacial score (nSPS) is 12.0. The van der Waals surface area contributed by atoms with E-state index in [0.29, 0.717) is 18.0 Å². The van der Waals surface area contributed by atoms with Crippen molar-refractivity contribution in [3.8, 4) is 11.1 Å². The van der Waals surface area contributed by atoms with E-state index in [0.717, 1.165) is 16.5 Å². The Labute approximate surface area is 232 Å². The number of ether oxygens (including phenoxy) is 1. The van der Waals surface area contributed by atoms with E-state index in [1.807, 2.05) is 0 Å². The molecule has 3 N–H and O–H groups in total. The van der Waals surface area contributed by atoms with Crippen LogP contribution in [0.15, 0.2) is 42.6 Å². The maximum atomic E-state index is 14.6. The first-order chi connectivity index (χ1) is 19.8. The van der Waals surface area contributed by atoms with Crippen LogP contribution in [-0.4, -0.2) is 37.9 Å². The zero-order valence-corrected chi connectivity index (χ0v) is 21.8. The van der Waals surface area contributed by atoms with Gasteiger partial charge in [0.05, 0.1) is 33.4 Å². The van der Waals surface area contributed by atoms with Crippen molar-refractivity contribution < 1.29 is 45.8 Å². The second kappa shape index (κ2) is 10.3. The molecule has 0 aliphatic rings. The molecule has 3 aromatic heterocycles. The van der Waals surface area contributed by atoms with Crippen LogP contribution in [0.1, 0.15) is 43.4 Å². The van der Waals surface area contributed by atoms with Crippen molar-refractivity contribution in [2.75, 3.05) is 7.11 Å². The zero-order valence-electron chi connectivity index (χ0n) is 21.8. The number of aromatic nitrogens is 3. The first-order valence-corrected chi connectivity index (χ1v) is 12.1. The molecule has 0 unspecified atom stereocenters. The first-order valence-electron chi connectivity index (χ1n) is 12.1. The Balaban J connectivity index is 1.88. The predicted molar refractivity (Wildman–Crippen MR) is 137 cm³/mol. The van der Waals surface area contributed by atoms with Crippen molar-refractivity contribution in [1.29, 1.82) is 0 Å². The van der Waals surface area contributed by atoms with E-state index in [4.69, 9.17) is 10.5 Å². The molecule has 14 heteroatoms. The van der Waals surface area contributed by atoms with Crippen LogP contribution >= 0.6 is 0 Å². The van der Waals surface area contributed by atoms with Crippen LogP contribution in [0, 0.1) is 17.5 Å². The lowest BCUT2D eigenvalue weighted by Gasteiger charge is -2.19. The highest BCUT2D eigenvalue weighted by Crippen LogP contribution is 2.44. The van der Waals surface area contributed by atoms with Gasteiger partial charge in [-0.05, 0) is 30.3 Å². The van der Waals surface area contributed by atoms with Crippen LogP contribution in [0.5, 0.6) is 0 Å². The fourth-order valence-electron chi connectivity index (χ4n) is 5.06. The van der Waals surface area contributed by atoms with Crippen LogP contribution < -0.4 is 5.73 Å². The minimum absolute atomic E-state index is 0.0145. The molecular formula is C28H20F6N4O4. The molecule has 0 bridgehead atoms. The largest absolute Gasteiger partial charge is 0.478 e. The summed E-state index contributed by atoms with van der Waals surface area (Å²) in [7, 11) is 2.91. The standard InChI is InChI=1S/C28H20F6N4O4/c1-37-19-9-16(28(32,33)34)22(15(10-35)24(19)36-21(37)11-42-2)13-4-3-5-38-20(8-14(25(13)38)27(40)41)26(39)12-6-17(29)23(31)18(30)7-12/h3-9H,10-11,35H2,1-2H3,(H,40,41). The Kier molecular flexibility index (Phi) is 7.07. The smallest absolute Gasteiger partial charge is 0.417 e. The number of carbonyl (C=O) groups excluding carboxylic acids is 1. The molecule has 218 valence electrons. The monoisotopic (exact) mass is 590 g/mol. The average Bonchev–Trinajstić information content (AvgIpc) is 3.48. The number of alkyl halides is 3. The maximum absolute atomic E-state index is 14.6. The van der Waals surface area contributed by atoms with Crippen molar-refractivity contribution in [2.24, 2.45) is 12.8 Å². The minimum atomic E-state index is -4.94. The number of hydrogen-bond donors (Lipinski definition) is 2. The topological polar surface area (TPSA) is 112 Å². The summed E-state index contributed by atoms with van der Waals surface area (Å²) in [5.41, 5.74) is 2.37. The van der Waals surface area contributed by atoms with Gasteiger partial charge >= 0.3 is 12.1 Å². The summed E-state index contributed by atoms with van der Waals surface area (Å²) in [5.74, 6) is -7.51. The lowest BCUT2D eigenvalue weighted by molar-refractivity contribution is -0.137. The van der Waals surface area contributed by atoms with Gasteiger partial charge in [0.15, 0.2) is 17.5 Å². The highest BCUT2D eigenvalue weighted by atomic mass is 19.4. The third kappa shape index (κ3) is 4.48. The van der Waals surface area contributed by atoms with E-state index >= 15 is 0 Å². The molecule has 0 saturated heterocycles. The number of aryl methyl sites for hydroxylation is 1. The lowest BCUT2D eigenvalue weighted by Crippen LogP contribution is -2.13. The molecular weight excluding hydrogens is 570 g/mol. The van der Waals surface area contributed by atoms with Gasteiger partial charge in [-0.2, -0.15) is 13.2 Å². The van der Waals surface area contributed by atoms with Crippen LogP contribution in [0.3, 0.4) is 0 Å². The predicted octanol–water partition coefficient (Wildman–Crippen LogP) is 5.46. The quantitative estimate of drug-likeness (QED) is 0.148. The SMILES string of the molecule is COCc1nc2c(CN)c(-c3cccn4c(C(=O)c5cc(F)c(F)c(F)c5)cc(C(=O)O)c34)c(C(F)(F)F)cc2n1C. The van der Waals surface area contributed by atoms with E-state index < -0.39 is 69.9 Å². The van der Waals surface area contributed by atoms with Crippen molar-refractivity contribution in [3.05, 3.63) is 93.8 Å². The molecule has 0 radical (unpaired) electrons. The summed E-state index contributed by atoms with van der Waals surface area (Å²) in [4.78, 5) is 30.0. The highest BCUT2D eigenvalue weighted by Gasteiger charge is 2.38. The van der Waals surface area contributed by atoms with Crippen LogP contribution in [0.4, 0.5) is 26.3 Å². The van der Waals surface area contributed by atoms with E-state index in [2.05, 4.69) is 4.98 Å². The molecule has 0 aliphatic carbocycles. The van der Waals surface area contributed by atoms with Gasteiger partial charge in [0.25, 0.3) is 0 Å². The first kappa shape index (κ1) is 28.8. The molecule has 2 aromatic carbocycles. The molecule has 0 saturated carbocycles. The molecule has 0 aliphatic heterocycles. The summed E-state index contributed by atoms with van der Waals surface area (Å²) in [6.07, 6.45) is -3.73. The fraction of sp³-hybridized carbons (Fsp3) is 0.179. The highest BCUT2D eigenvalue weighted by molar-refractivity contribution is 6.13. The number of methoxy groups -OCH3 is 1. The molecule has 8 nitrogen and oxygen atoms in total. The number of nitrogens with two attached hydrogens (primary N) is 1. The lowest BCUT2D eigenvalue weighted by atomic mass is 9.91. The van der Waals surface area contributed by atoms with Gasteiger partial charge in [-0.15, -0.1) is 0 Å². The summed E-state index contributed by atoms with van der Waals surface area (Å²) < 4.78 is 92.7. The summed E-state index contributed by atoms with van der Waals surface area (Å²) in [5, 5.41) is 10.0. The number of carboxylic acid groups (broad SMARTS) is 1. The Morgan fingerprint density at radius 2 is 1.76 bits per heavy atom. The molecule has 0 amide bonds. The van der Waals surface area contributed by atoms with E-state index in [1.165, 1.54) is 37.1 Å². The number of nitrogens with zero attached hydrogens (tertiary/aromatic N) is 3. The van der Waals surface area contributed by atoms with Crippen molar-refractivity contribution in [2.45, 2.75) is 19.3 Å². The Bertz CT molecular complexity index is 1900. The number of aromatic carboxylic acids is 1. The maximum Gasteiger partial charge on any atom is 0.417 e.